The molecule has 0 amide bonds. The minimum absolute atomic E-state index is 0.0881. The predicted molar refractivity (Wildman–Crippen MR) is 165 cm³/mol. The van der Waals surface area contributed by atoms with Crippen LogP contribution in [0.1, 0.15) is 43.9 Å². The highest BCUT2D eigenvalue weighted by atomic mass is 32.1. The van der Waals surface area contributed by atoms with E-state index in [9.17, 15) is 19.7 Å². The highest BCUT2D eigenvalue weighted by molar-refractivity contribution is 7.07. The molecule has 44 heavy (non-hydrogen) atoms. The fourth-order valence-corrected chi connectivity index (χ4v) is 6.48. The summed E-state index contributed by atoms with van der Waals surface area (Å²) in [5.41, 5.74) is 2.11. The number of morpholine rings is 1. The van der Waals surface area contributed by atoms with E-state index in [0.717, 1.165) is 17.0 Å². The van der Waals surface area contributed by atoms with E-state index in [4.69, 9.17) is 23.9 Å². The van der Waals surface area contributed by atoms with Crippen molar-refractivity contribution in [3.8, 4) is 11.5 Å². The average molecular weight is 623 g/mol. The smallest absolute Gasteiger partial charge is 0.338 e. The number of allylic oxidation sites excluding steroid dienone is 1. The molecular formula is C31H34N4O8S. The first-order valence-corrected chi connectivity index (χ1v) is 15.2. The Morgan fingerprint density at radius 3 is 2.59 bits per heavy atom. The van der Waals surface area contributed by atoms with Gasteiger partial charge in [0.2, 0.25) is 0 Å². The SMILES string of the molecule is CCCC1=C(C(=O)OCC)[C@H](c2cc(OC)ccc2OC)n2c(s/c(=C\c3cc([N+](=O)[O-])ccc3N3CCOCC3)c2=O)=N1. The minimum Gasteiger partial charge on any atom is -0.497 e. The number of carbonyl (C=O) groups is 1. The fourth-order valence-electron chi connectivity index (χ4n) is 5.47. The molecule has 12 nitrogen and oxygen atoms in total. The van der Waals surface area contributed by atoms with E-state index in [1.54, 1.807) is 37.3 Å². The lowest BCUT2D eigenvalue weighted by molar-refractivity contribution is -0.384. The molecule has 1 fully saturated rings. The predicted octanol–water partition coefficient (Wildman–Crippen LogP) is 3.34. The molecule has 232 valence electrons. The number of ether oxygens (including phenoxy) is 4. The van der Waals surface area contributed by atoms with Crippen molar-refractivity contribution >= 4 is 34.8 Å². The van der Waals surface area contributed by atoms with Crippen LogP contribution in [0.5, 0.6) is 11.5 Å². The molecule has 0 radical (unpaired) electrons. The molecule has 2 aliphatic heterocycles. The van der Waals surface area contributed by atoms with Crippen LogP contribution in [0.3, 0.4) is 0 Å². The van der Waals surface area contributed by atoms with Gasteiger partial charge in [-0.2, -0.15) is 0 Å². The maximum Gasteiger partial charge on any atom is 0.338 e. The summed E-state index contributed by atoms with van der Waals surface area (Å²) in [6.07, 6.45) is 2.85. The Balaban J connectivity index is 1.79. The molecule has 0 saturated carbocycles. The first-order valence-electron chi connectivity index (χ1n) is 14.4. The molecule has 13 heteroatoms. The molecule has 3 aromatic rings. The molecule has 0 bridgehead atoms. The van der Waals surface area contributed by atoms with Gasteiger partial charge in [-0.25, -0.2) is 9.79 Å². The average Bonchev–Trinajstić information content (AvgIpc) is 3.34. The van der Waals surface area contributed by atoms with E-state index < -0.39 is 22.5 Å². The normalized spacial score (nSPS) is 16.8. The lowest BCUT2D eigenvalue weighted by Gasteiger charge is -2.30. The summed E-state index contributed by atoms with van der Waals surface area (Å²) in [6.45, 7) is 6.12. The number of nitro groups is 1. The molecule has 1 aromatic heterocycles. The van der Waals surface area contributed by atoms with Gasteiger partial charge in [0.25, 0.3) is 11.2 Å². The van der Waals surface area contributed by atoms with Crippen molar-refractivity contribution in [1.82, 2.24) is 4.57 Å². The van der Waals surface area contributed by atoms with E-state index in [0.29, 0.717) is 76.8 Å². The number of anilines is 1. The molecule has 0 unspecified atom stereocenters. The van der Waals surface area contributed by atoms with E-state index in [1.165, 1.54) is 30.9 Å². The molecule has 2 aromatic carbocycles. The second-order valence-electron chi connectivity index (χ2n) is 10.1. The summed E-state index contributed by atoms with van der Waals surface area (Å²) in [4.78, 5) is 46.4. The molecule has 3 heterocycles. The summed E-state index contributed by atoms with van der Waals surface area (Å²) in [7, 11) is 3.05. The van der Waals surface area contributed by atoms with Gasteiger partial charge in [-0.3, -0.25) is 19.5 Å². The van der Waals surface area contributed by atoms with Crippen molar-refractivity contribution in [2.45, 2.75) is 32.7 Å². The van der Waals surface area contributed by atoms with E-state index >= 15 is 0 Å². The number of methoxy groups -OCH3 is 2. The van der Waals surface area contributed by atoms with Gasteiger partial charge in [0.15, 0.2) is 4.80 Å². The highest BCUT2D eigenvalue weighted by Gasteiger charge is 2.36. The van der Waals surface area contributed by atoms with Crippen LogP contribution in [0.2, 0.25) is 0 Å². The zero-order chi connectivity index (χ0) is 31.4. The zero-order valence-corrected chi connectivity index (χ0v) is 25.8. The van der Waals surface area contributed by atoms with Gasteiger partial charge in [0.05, 0.1) is 54.8 Å². The van der Waals surface area contributed by atoms with Gasteiger partial charge in [0.1, 0.15) is 17.5 Å². The summed E-state index contributed by atoms with van der Waals surface area (Å²) >= 11 is 1.16. The minimum atomic E-state index is -0.914. The highest BCUT2D eigenvalue weighted by Crippen LogP contribution is 2.39. The Morgan fingerprint density at radius 2 is 1.93 bits per heavy atom. The van der Waals surface area contributed by atoms with Crippen LogP contribution in [0.15, 0.2) is 57.5 Å². The number of nitrogens with zero attached hydrogens (tertiary/aromatic N) is 4. The Labute approximate surface area is 257 Å². The van der Waals surface area contributed by atoms with E-state index in [1.807, 2.05) is 6.92 Å². The number of rotatable bonds is 10. The van der Waals surface area contributed by atoms with Gasteiger partial charge in [-0.05, 0) is 43.7 Å². The lowest BCUT2D eigenvalue weighted by Crippen LogP contribution is -2.40. The number of aromatic nitrogens is 1. The van der Waals surface area contributed by atoms with Crippen LogP contribution in [0, 0.1) is 10.1 Å². The van der Waals surface area contributed by atoms with Gasteiger partial charge in [-0.15, -0.1) is 0 Å². The molecule has 0 spiro atoms. The summed E-state index contributed by atoms with van der Waals surface area (Å²) in [5.74, 6) is 0.405. The number of non-ortho nitro benzene ring substituents is 1. The van der Waals surface area contributed by atoms with Crippen molar-refractivity contribution in [2.24, 2.45) is 4.99 Å². The van der Waals surface area contributed by atoms with Crippen LogP contribution in [0.4, 0.5) is 11.4 Å². The Kier molecular flexibility index (Phi) is 9.45. The lowest BCUT2D eigenvalue weighted by atomic mass is 9.93. The number of carbonyl (C=O) groups excluding carboxylic acids is 1. The Hall–Kier alpha value is -4.49. The van der Waals surface area contributed by atoms with Gasteiger partial charge < -0.3 is 23.8 Å². The van der Waals surface area contributed by atoms with Gasteiger partial charge in [-0.1, -0.05) is 24.7 Å². The molecule has 1 atom stereocenters. The first kappa shape index (κ1) is 31.0. The largest absolute Gasteiger partial charge is 0.497 e. The number of esters is 1. The molecular weight excluding hydrogens is 588 g/mol. The van der Waals surface area contributed by atoms with Crippen LogP contribution in [-0.4, -0.2) is 62.6 Å². The fraction of sp³-hybridized carbons (Fsp3) is 0.387. The second-order valence-corrected chi connectivity index (χ2v) is 11.1. The quantitative estimate of drug-likeness (QED) is 0.190. The van der Waals surface area contributed by atoms with Crippen LogP contribution < -0.4 is 29.3 Å². The van der Waals surface area contributed by atoms with Crippen molar-refractivity contribution < 1.29 is 28.7 Å². The molecule has 5 rings (SSSR count). The van der Waals surface area contributed by atoms with E-state index in [2.05, 4.69) is 4.90 Å². The maximum atomic E-state index is 14.3. The van der Waals surface area contributed by atoms with Crippen LogP contribution in [0.25, 0.3) is 6.08 Å². The number of hydrogen-bond acceptors (Lipinski definition) is 11. The Bertz CT molecular complexity index is 1790. The molecule has 1 saturated heterocycles. The summed E-state index contributed by atoms with van der Waals surface area (Å²) in [6, 6.07) is 8.93. The van der Waals surface area contributed by atoms with Crippen molar-refractivity contribution in [3.05, 3.63) is 88.6 Å². The number of nitro benzene ring substituents is 1. The van der Waals surface area contributed by atoms with Crippen LogP contribution in [-0.2, 0) is 14.3 Å². The molecule has 0 aliphatic carbocycles. The topological polar surface area (TPSA) is 135 Å². The zero-order valence-electron chi connectivity index (χ0n) is 25.0. The van der Waals surface area contributed by atoms with E-state index in [-0.39, 0.29) is 17.9 Å². The van der Waals surface area contributed by atoms with Crippen molar-refractivity contribution in [1.29, 1.82) is 0 Å². The number of hydrogen-bond donors (Lipinski definition) is 0. The molecule has 2 aliphatic rings. The maximum absolute atomic E-state index is 14.3. The number of benzene rings is 2. The van der Waals surface area contributed by atoms with Crippen molar-refractivity contribution in [2.75, 3.05) is 52.0 Å². The van der Waals surface area contributed by atoms with Gasteiger partial charge in [0, 0.05) is 42.0 Å². The van der Waals surface area contributed by atoms with Crippen LogP contribution >= 0.6 is 11.3 Å². The third-order valence-electron chi connectivity index (χ3n) is 7.48. The van der Waals surface area contributed by atoms with Crippen molar-refractivity contribution in [3.63, 3.8) is 0 Å². The first-order chi connectivity index (χ1) is 21.3. The number of fused-ring (bicyclic) bond motifs is 1. The molecule has 0 N–H and O–H groups in total. The monoisotopic (exact) mass is 622 g/mol. The van der Waals surface area contributed by atoms with Gasteiger partial charge >= 0.3 is 5.97 Å². The summed E-state index contributed by atoms with van der Waals surface area (Å²) < 4.78 is 24.0. The number of thiazole rings is 1. The Morgan fingerprint density at radius 1 is 1.16 bits per heavy atom. The standard InChI is InChI=1S/C31H34N4O8S/c1-5-7-23-27(30(37)43-6-2)28(22-18-21(40-3)9-11-25(22)41-4)34-29(36)26(44-31(34)32-23)17-19-16-20(35(38)39)8-10-24(19)33-12-14-42-15-13-33/h8-11,16-18,28H,5-7,12-15H2,1-4H3/b26-17-/t28-/m0/s1. The summed E-state index contributed by atoms with van der Waals surface area (Å²) in [5, 5.41) is 11.7. The third kappa shape index (κ3) is 5.97. The second kappa shape index (κ2) is 13.4. The third-order valence-corrected chi connectivity index (χ3v) is 8.47.